The number of hydrogen-bond donors (Lipinski definition) is 2. The van der Waals surface area contributed by atoms with Crippen molar-refractivity contribution in [2.75, 3.05) is 26.2 Å². The third kappa shape index (κ3) is 5.21. The Kier molecular flexibility index (Phi) is 6.82. The molecule has 0 bridgehead atoms. The van der Waals surface area contributed by atoms with Crippen LogP contribution >= 0.6 is 11.6 Å². The molecule has 1 atom stereocenters. The van der Waals surface area contributed by atoms with Crippen molar-refractivity contribution in [2.24, 2.45) is 11.8 Å². The van der Waals surface area contributed by atoms with E-state index >= 15 is 0 Å². The number of aryl methyl sites for hydroxylation is 2. The van der Waals surface area contributed by atoms with Gasteiger partial charge in [0.1, 0.15) is 12.7 Å². The van der Waals surface area contributed by atoms with Crippen LogP contribution in [0, 0.1) is 32.6 Å². The van der Waals surface area contributed by atoms with Crippen molar-refractivity contribution < 1.29 is 14.3 Å². The standard InChI is InChI=1S/C27H34ClN3O4/c1-15-10-16(2)30-27(33)21(15)12-29-26(32)20-11-22(28)25-24(17(20)3)35-23(14-34-25)19-6-8-31(9-7-19)13-18-4-5-18/h10-11,18-19,23H,4-9,12-14H2,1-3H3,(H,29,32)(H,30,33)/t23-/m1/s1. The molecule has 2 aliphatic heterocycles. The van der Waals surface area contributed by atoms with E-state index in [1.54, 1.807) is 6.07 Å². The first-order valence-corrected chi connectivity index (χ1v) is 13.0. The van der Waals surface area contributed by atoms with E-state index in [9.17, 15) is 9.59 Å². The van der Waals surface area contributed by atoms with E-state index in [1.807, 2.05) is 26.8 Å². The average molecular weight is 500 g/mol. The van der Waals surface area contributed by atoms with Gasteiger partial charge in [-0.15, -0.1) is 0 Å². The number of fused-ring (bicyclic) bond motifs is 1. The summed E-state index contributed by atoms with van der Waals surface area (Å²) in [6.45, 7) is 9.61. The summed E-state index contributed by atoms with van der Waals surface area (Å²) < 4.78 is 12.5. The maximum absolute atomic E-state index is 13.1. The zero-order chi connectivity index (χ0) is 24.7. The molecular formula is C27H34ClN3O4. The summed E-state index contributed by atoms with van der Waals surface area (Å²) in [6, 6.07) is 3.52. The van der Waals surface area contributed by atoms with Crippen LogP contribution in [0.25, 0.3) is 0 Å². The van der Waals surface area contributed by atoms with Crippen LogP contribution in [-0.4, -0.2) is 48.1 Å². The number of likely N-dealkylation sites (tertiary alicyclic amines) is 1. The number of hydrogen-bond acceptors (Lipinski definition) is 5. The summed E-state index contributed by atoms with van der Waals surface area (Å²) in [7, 11) is 0. The van der Waals surface area contributed by atoms with Gasteiger partial charge in [0, 0.05) is 41.4 Å². The van der Waals surface area contributed by atoms with Crippen molar-refractivity contribution >= 4 is 17.5 Å². The zero-order valence-corrected chi connectivity index (χ0v) is 21.5. The molecule has 3 heterocycles. The lowest BCUT2D eigenvalue weighted by Crippen LogP contribution is -2.44. The summed E-state index contributed by atoms with van der Waals surface area (Å²) in [5.41, 5.74) is 3.12. The average Bonchev–Trinajstić information content (AvgIpc) is 3.65. The van der Waals surface area contributed by atoms with E-state index in [4.69, 9.17) is 21.1 Å². The number of benzene rings is 1. The molecule has 1 saturated heterocycles. The number of aromatic amines is 1. The fraction of sp³-hybridized carbons (Fsp3) is 0.556. The normalized spacial score (nSPS) is 20.6. The highest BCUT2D eigenvalue weighted by atomic mass is 35.5. The molecule has 0 unspecified atom stereocenters. The maximum atomic E-state index is 13.1. The third-order valence-corrected chi connectivity index (χ3v) is 7.92. The highest BCUT2D eigenvalue weighted by Gasteiger charge is 2.35. The summed E-state index contributed by atoms with van der Waals surface area (Å²) in [4.78, 5) is 30.8. The summed E-state index contributed by atoms with van der Waals surface area (Å²) in [5, 5.41) is 3.23. The van der Waals surface area contributed by atoms with Gasteiger partial charge in [-0.2, -0.15) is 0 Å². The van der Waals surface area contributed by atoms with Crippen LogP contribution in [0.1, 0.15) is 58.4 Å². The number of carbonyl (C=O) groups is 1. The van der Waals surface area contributed by atoms with Crippen molar-refractivity contribution in [1.82, 2.24) is 15.2 Å². The van der Waals surface area contributed by atoms with Gasteiger partial charge in [-0.3, -0.25) is 9.59 Å². The Morgan fingerprint density at radius 3 is 2.57 bits per heavy atom. The molecule has 0 spiro atoms. The van der Waals surface area contributed by atoms with E-state index in [0.29, 0.717) is 45.7 Å². The molecule has 2 fully saturated rings. The highest BCUT2D eigenvalue weighted by Crippen LogP contribution is 2.44. The van der Waals surface area contributed by atoms with Crippen LogP contribution in [0.5, 0.6) is 11.5 Å². The minimum absolute atomic E-state index is 0.0487. The minimum Gasteiger partial charge on any atom is -0.484 e. The Labute approximate surface area is 211 Å². The number of rotatable bonds is 6. The number of piperidine rings is 1. The van der Waals surface area contributed by atoms with Gasteiger partial charge >= 0.3 is 0 Å². The number of halogens is 1. The summed E-state index contributed by atoms with van der Waals surface area (Å²) >= 11 is 6.51. The van der Waals surface area contributed by atoms with E-state index in [0.717, 1.165) is 43.1 Å². The maximum Gasteiger partial charge on any atom is 0.253 e. The molecule has 2 aromatic rings. The molecule has 188 valence electrons. The number of aromatic nitrogens is 1. The van der Waals surface area contributed by atoms with Crippen LogP contribution < -0.4 is 20.3 Å². The number of ether oxygens (including phenoxy) is 2. The number of nitrogens with zero attached hydrogens (tertiary/aromatic N) is 1. The van der Waals surface area contributed by atoms with Gasteiger partial charge in [-0.1, -0.05) is 11.6 Å². The van der Waals surface area contributed by atoms with Crippen LogP contribution in [0.2, 0.25) is 5.02 Å². The zero-order valence-electron chi connectivity index (χ0n) is 20.7. The van der Waals surface area contributed by atoms with Crippen molar-refractivity contribution in [3.05, 3.63) is 55.5 Å². The number of pyridine rings is 1. The van der Waals surface area contributed by atoms with E-state index in [2.05, 4.69) is 15.2 Å². The molecule has 1 saturated carbocycles. The Hall–Kier alpha value is -2.51. The van der Waals surface area contributed by atoms with Gasteiger partial charge in [0.15, 0.2) is 11.5 Å². The predicted octanol–water partition coefficient (Wildman–Crippen LogP) is 4.15. The Morgan fingerprint density at radius 1 is 1.14 bits per heavy atom. The van der Waals surface area contributed by atoms with Gasteiger partial charge in [0.25, 0.3) is 11.5 Å². The van der Waals surface area contributed by atoms with Gasteiger partial charge < -0.3 is 24.7 Å². The molecule has 2 N–H and O–H groups in total. The topological polar surface area (TPSA) is 83.7 Å². The largest absolute Gasteiger partial charge is 0.484 e. The second-order valence-electron chi connectivity index (χ2n) is 10.4. The smallest absolute Gasteiger partial charge is 0.253 e. The highest BCUT2D eigenvalue weighted by molar-refractivity contribution is 6.32. The second-order valence-corrected chi connectivity index (χ2v) is 10.8. The lowest BCUT2D eigenvalue weighted by molar-refractivity contribution is 0.0195. The molecule has 3 aliphatic rings. The first kappa shape index (κ1) is 24.2. The van der Waals surface area contributed by atoms with E-state index < -0.39 is 0 Å². The molecular weight excluding hydrogens is 466 g/mol. The Morgan fingerprint density at radius 2 is 1.89 bits per heavy atom. The predicted molar refractivity (Wildman–Crippen MR) is 136 cm³/mol. The molecule has 1 amide bonds. The minimum atomic E-state index is -0.300. The number of H-pyrrole nitrogens is 1. The molecule has 7 nitrogen and oxygen atoms in total. The molecule has 35 heavy (non-hydrogen) atoms. The quantitative estimate of drug-likeness (QED) is 0.624. The SMILES string of the molecule is Cc1cc(C)c(CNC(=O)c2cc(Cl)c3c(c2C)O[C@@H](C2CCN(CC4CC4)CC2)CO3)c(=O)[nH]1. The molecule has 0 radical (unpaired) electrons. The van der Waals surface area contributed by atoms with Crippen LogP contribution in [0.3, 0.4) is 0 Å². The molecule has 1 aliphatic carbocycles. The Bertz CT molecular complexity index is 1180. The van der Waals surface area contributed by atoms with Crippen LogP contribution in [0.15, 0.2) is 16.9 Å². The third-order valence-electron chi connectivity index (χ3n) is 7.64. The van der Waals surface area contributed by atoms with Gasteiger partial charge in [0.2, 0.25) is 0 Å². The molecule has 5 rings (SSSR count). The number of carbonyl (C=O) groups excluding carboxylic acids is 1. The molecule has 8 heteroatoms. The van der Waals surface area contributed by atoms with Gasteiger partial charge in [-0.25, -0.2) is 0 Å². The fourth-order valence-electron chi connectivity index (χ4n) is 5.34. The summed E-state index contributed by atoms with van der Waals surface area (Å²) in [5.74, 6) is 2.10. The monoisotopic (exact) mass is 499 g/mol. The van der Waals surface area contributed by atoms with Crippen molar-refractivity contribution in [2.45, 2.75) is 59.1 Å². The van der Waals surface area contributed by atoms with Crippen LogP contribution in [-0.2, 0) is 6.54 Å². The molecule has 1 aromatic heterocycles. The fourth-order valence-corrected chi connectivity index (χ4v) is 5.58. The van der Waals surface area contributed by atoms with Crippen LogP contribution in [0.4, 0.5) is 0 Å². The number of amides is 1. The van der Waals surface area contributed by atoms with Crippen molar-refractivity contribution in [3.8, 4) is 11.5 Å². The van der Waals surface area contributed by atoms with Crippen molar-refractivity contribution in [1.29, 1.82) is 0 Å². The van der Waals surface area contributed by atoms with E-state index in [-0.39, 0.29) is 24.1 Å². The van der Waals surface area contributed by atoms with Gasteiger partial charge in [-0.05, 0) is 83.2 Å². The number of nitrogens with one attached hydrogen (secondary N) is 2. The molecule has 1 aromatic carbocycles. The second kappa shape index (κ2) is 9.86. The van der Waals surface area contributed by atoms with Gasteiger partial charge in [0.05, 0.1) is 5.02 Å². The first-order valence-electron chi connectivity index (χ1n) is 12.6. The van der Waals surface area contributed by atoms with E-state index in [1.165, 1.54) is 19.4 Å². The lowest BCUT2D eigenvalue weighted by Gasteiger charge is -2.38. The summed E-state index contributed by atoms with van der Waals surface area (Å²) in [6.07, 6.45) is 4.90. The van der Waals surface area contributed by atoms with Crippen molar-refractivity contribution in [3.63, 3.8) is 0 Å². The Balaban J connectivity index is 1.28. The lowest BCUT2D eigenvalue weighted by atomic mass is 9.90. The first-order chi connectivity index (χ1) is 16.8.